The quantitative estimate of drug-likeness (QED) is 0.908. The summed E-state index contributed by atoms with van der Waals surface area (Å²) < 4.78 is 0. The summed E-state index contributed by atoms with van der Waals surface area (Å²) >= 11 is 5.93. The highest BCUT2D eigenvalue weighted by atomic mass is 35.5. The van der Waals surface area contributed by atoms with Crippen LogP contribution in [0.2, 0.25) is 5.02 Å². The summed E-state index contributed by atoms with van der Waals surface area (Å²) in [5, 5.41) is 4.06. The van der Waals surface area contributed by atoms with Crippen molar-refractivity contribution in [3.63, 3.8) is 0 Å². The third-order valence-electron chi connectivity index (χ3n) is 3.32. The van der Waals surface area contributed by atoms with Crippen LogP contribution in [0.15, 0.2) is 24.3 Å². The molecule has 1 aliphatic heterocycles. The van der Waals surface area contributed by atoms with Crippen molar-refractivity contribution in [1.29, 1.82) is 0 Å². The van der Waals surface area contributed by atoms with Gasteiger partial charge in [-0.3, -0.25) is 4.79 Å². The molecule has 4 heteroatoms. The molecule has 1 aliphatic rings. The molecule has 0 radical (unpaired) electrons. The van der Waals surface area contributed by atoms with Crippen LogP contribution < -0.4 is 5.32 Å². The van der Waals surface area contributed by atoms with Crippen molar-refractivity contribution in [2.24, 2.45) is 0 Å². The van der Waals surface area contributed by atoms with E-state index in [2.05, 4.69) is 5.32 Å². The lowest BCUT2D eigenvalue weighted by atomic mass is 10.1. The molecule has 3 nitrogen and oxygen atoms in total. The molecule has 0 bridgehead atoms. The normalized spacial score (nSPS) is 18.9. The molecule has 1 heterocycles. The molecule has 1 amide bonds. The number of carbonyl (C=O) groups is 1. The molecular formula is C14H19ClN2O. The standard InChI is InChI=1S/C14H19ClN2O/c1-17(10-11-4-2-5-12(15)8-11)14(18)9-13-6-3-7-16-13/h2,4-5,8,13,16H,3,6-7,9-10H2,1H3. The van der Waals surface area contributed by atoms with E-state index in [1.54, 1.807) is 4.90 Å². The Kier molecular flexibility index (Phi) is 4.61. The topological polar surface area (TPSA) is 32.3 Å². The van der Waals surface area contributed by atoms with E-state index in [0.29, 0.717) is 24.0 Å². The summed E-state index contributed by atoms with van der Waals surface area (Å²) in [6.07, 6.45) is 2.88. The molecule has 1 aromatic carbocycles. The smallest absolute Gasteiger partial charge is 0.224 e. The first-order valence-corrected chi connectivity index (χ1v) is 6.75. The number of nitrogens with zero attached hydrogens (tertiary/aromatic N) is 1. The summed E-state index contributed by atoms with van der Waals surface area (Å²) in [6.45, 7) is 1.65. The number of amides is 1. The van der Waals surface area contributed by atoms with Crippen LogP contribution in [-0.4, -0.2) is 30.4 Å². The maximum atomic E-state index is 12.0. The number of rotatable bonds is 4. The zero-order valence-electron chi connectivity index (χ0n) is 10.7. The highest BCUT2D eigenvalue weighted by Crippen LogP contribution is 2.14. The third-order valence-corrected chi connectivity index (χ3v) is 3.55. The van der Waals surface area contributed by atoms with Crippen LogP contribution in [0.5, 0.6) is 0 Å². The summed E-state index contributed by atoms with van der Waals surface area (Å²) in [5.74, 6) is 0.189. The largest absolute Gasteiger partial charge is 0.341 e. The average molecular weight is 267 g/mol. The number of hydrogen-bond acceptors (Lipinski definition) is 2. The second kappa shape index (κ2) is 6.21. The summed E-state index contributed by atoms with van der Waals surface area (Å²) in [6, 6.07) is 8.01. The van der Waals surface area contributed by atoms with Crippen molar-refractivity contribution in [2.75, 3.05) is 13.6 Å². The molecule has 2 rings (SSSR count). The molecule has 0 aromatic heterocycles. The highest BCUT2D eigenvalue weighted by Gasteiger charge is 2.19. The fourth-order valence-corrected chi connectivity index (χ4v) is 2.51. The molecule has 0 saturated carbocycles. The van der Waals surface area contributed by atoms with Gasteiger partial charge in [0, 0.05) is 31.1 Å². The Hall–Kier alpha value is -1.06. The van der Waals surface area contributed by atoms with Crippen LogP contribution in [0.1, 0.15) is 24.8 Å². The summed E-state index contributed by atoms with van der Waals surface area (Å²) in [7, 11) is 1.85. The van der Waals surface area contributed by atoms with E-state index in [1.807, 2.05) is 31.3 Å². The zero-order valence-corrected chi connectivity index (χ0v) is 11.4. The SMILES string of the molecule is CN(Cc1cccc(Cl)c1)C(=O)CC1CCCN1. The molecule has 98 valence electrons. The van der Waals surface area contributed by atoms with E-state index in [1.165, 1.54) is 6.42 Å². The lowest BCUT2D eigenvalue weighted by Crippen LogP contribution is -2.33. The van der Waals surface area contributed by atoms with Crippen molar-refractivity contribution >= 4 is 17.5 Å². The minimum Gasteiger partial charge on any atom is -0.341 e. The van der Waals surface area contributed by atoms with Gasteiger partial charge in [0.25, 0.3) is 0 Å². The Morgan fingerprint density at radius 1 is 1.56 bits per heavy atom. The first kappa shape index (κ1) is 13.4. The zero-order chi connectivity index (χ0) is 13.0. The van der Waals surface area contributed by atoms with E-state index in [4.69, 9.17) is 11.6 Å². The Balaban J connectivity index is 1.86. The molecular weight excluding hydrogens is 248 g/mol. The monoisotopic (exact) mass is 266 g/mol. The van der Waals surface area contributed by atoms with Crippen molar-refractivity contribution < 1.29 is 4.79 Å². The lowest BCUT2D eigenvalue weighted by molar-refractivity contribution is -0.130. The minimum absolute atomic E-state index is 0.189. The molecule has 1 fully saturated rings. The molecule has 1 N–H and O–H groups in total. The van der Waals surface area contributed by atoms with E-state index >= 15 is 0 Å². The maximum Gasteiger partial charge on any atom is 0.224 e. The highest BCUT2D eigenvalue weighted by molar-refractivity contribution is 6.30. The lowest BCUT2D eigenvalue weighted by Gasteiger charge is -2.19. The molecule has 1 saturated heterocycles. The number of nitrogens with one attached hydrogen (secondary N) is 1. The molecule has 0 aliphatic carbocycles. The van der Waals surface area contributed by atoms with Gasteiger partial charge in [-0.1, -0.05) is 23.7 Å². The van der Waals surface area contributed by atoms with Gasteiger partial charge in [-0.25, -0.2) is 0 Å². The van der Waals surface area contributed by atoms with Gasteiger partial charge in [0.05, 0.1) is 0 Å². The van der Waals surface area contributed by atoms with E-state index in [-0.39, 0.29) is 5.91 Å². The van der Waals surface area contributed by atoms with Crippen molar-refractivity contribution in [1.82, 2.24) is 10.2 Å². The molecule has 1 aromatic rings. The second-order valence-electron chi connectivity index (χ2n) is 4.88. The summed E-state index contributed by atoms with van der Waals surface area (Å²) in [4.78, 5) is 13.8. The van der Waals surface area contributed by atoms with Gasteiger partial charge in [0.1, 0.15) is 0 Å². The van der Waals surface area contributed by atoms with E-state index in [9.17, 15) is 4.79 Å². The minimum atomic E-state index is 0.189. The van der Waals surface area contributed by atoms with E-state index < -0.39 is 0 Å². The van der Waals surface area contributed by atoms with Crippen LogP contribution in [0.3, 0.4) is 0 Å². The van der Waals surface area contributed by atoms with Gasteiger partial charge in [-0.15, -0.1) is 0 Å². The van der Waals surface area contributed by atoms with Gasteiger partial charge in [0.15, 0.2) is 0 Å². The Morgan fingerprint density at radius 2 is 2.39 bits per heavy atom. The van der Waals surface area contributed by atoms with Crippen LogP contribution >= 0.6 is 11.6 Å². The number of hydrogen-bond donors (Lipinski definition) is 1. The number of carbonyl (C=O) groups excluding carboxylic acids is 1. The fraction of sp³-hybridized carbons (Fsp3) is 0.500. The molecule has 1 unspecified atom stereocenters. The first-order valence-electron chi connectivity index (χ1n) is 6.37. The van der Waals surface area contributed by atoms with Gasteiger partial charge in [-0.05, 0) is 37.1 Å². The number of benzene rings is 1. The van der Waals surface area contributed by atoms with Crippen molar-refractivity contribution in [2.45, 2.75) is 31.8 Å². The predicted octanol–water partition coefficient (Wildman–Crippen LogP) is 2.44. The van der Waals surface area contributed by atoms with Crippen LogP contribution in [0, 0.1) is 0 Å². The van der Waals surface area contributed by atoms with Gasteiger partial charge >= 0.3 is 0 Å². The van der Waals surface area contributed by atoms with Gasteiger partial charge in [0.2, 0.25) is 5.91 Å². The van der Waals surface area contributed by atoms with E-state index in [0.717, 1.165) is 18.5 Å². The van der Waals surface area contributed by atoms with Crippen LogP contribution in [-0.2, 0) is 11.3 Å². The molecule has 1 atom stereocenters. The summed E-state index contributed by atoms with van der Waals surface area (Å²) in [5.41, 5.74) is 1.07. The van der Waals surface area contributed by atoms with Crippen LogP contribution in [0.4, 0.5) is 0 Å². The molecule has 0 spiro atoms. The van der Waals surface area contributed by atoms with Crippen LogP contribution in [0.25, 0.3) is 0 Å². The van der Waals surface area contributed by atoms with Crippen molar-refractivity contribution in [3.05, 3.63) is 34.9 Å². The van der Waals surface area contributed by atoms with Gasteiger partial charge in [-0.2, -0.15) is 0 Å². The maximum absolute atomic E-state index is 12.0. The first-order chi connectivity index (χ1) is 8.65. The number of halogens is 1. The second-order valence-corrected chi connectivity index (χ2v) is 5.31. The Morgan fingerprint density at radius 3 is 3.06 bits per heavy atom. The van der Waals surface area contributed by atoms with Crippen molar-refractivity contribution in [3.8, 4) is 0 Å². The molecule has 18 heavy (non-hydrogen) atoms. The fourth-order valence-electron chi connectivity index (χ4n) is 2.29. The van der Waals surface area contributed by atoms with Gasteiger partial charge < -0.3 is 10.2 Å². The third kappa shape index (κ3) is 3.72. The Labute approximate surface area is 113 Å². The Bertz CT molecular complexity index is 416. The predicted molar refractivity (Wildman–Crippen MR) is 73.6 cm³/mol. The average Bonchev–Trinajstić information content (AvgIpc) is 2.81.